The van der Waals surface area contributed by atoms with Crippen LogP contribution in [0.4, 0.5) is 20.5 Å². The molecule has 0 amide bonds. The number of alkyl halides is 2. The van der Waals surface area contributed by atoms with Crippen LogP contribution in [0.2, 0.25) is 0 Å². The Kier molecular flexibility index (Phi) is 4.84. The van der Waals surface area contributed by atoms with Gasteiger partial charge in [0.2, 0.25) is 5.95 Å². The molecule has 7 nitrogen and oxygen atoms in total. The number of aromatic nitrogens is 5. The standard InChI is InChI=1S/C19H22F2N6O/c1-2-14(28)17-23-24-18(26(17)10-8-13-6-4-3-5-7-13)22-16-9-11-27(25-16)15-12-19(15,20)21/h3-7,9,11,14-15,28H,2,8,10,12H2,1H3,(H,22,24,25)/t14-,15?/m0/s1. The fourth-order valence-corrected chi connectivity index (χ4v) is 3.12. The molecule has 1 aliphatic carbocycles. The summed E-state index contributed by atoms with van der Waals surface area (Å²) in [6, 6.07) is 10.7. The largest absolute Gasteiger partial charge is 0.385 e. The average molecular weight is 388 g/mol. The van der Waals surface area contributed by atoms with E-state index in [2.05, 4.69) is 20.6 Å². The first-order chi connectivity index (χ1) is 13.5. The molecule has 2 atom stereocenters. The van der Waals surface area contributed by atoms with E-state index in [1.807, 2.05) is 41.8 Å². The summed E-state index contributed by atoms with van der Waals surface area (Å²) in [6.07, 6.45) is 1.85. The highest BCUT2D eigenvalue weighted by atomic mass is 19.3. The van der Waals surface area contributed by atoms with Crippen molar-refractivity contribution in [2.45, 2.75) is 50.8 Å². The van der Waals surface area contributed by atoms with Gasteiger partial charge in [-0.3, -0.25) is 9.25 Å². The zero-order valence-corrected chi connectivity index (χ0v) is 15.5. The Balaban J connectivity index is 1.53. The van der Waals surface area contributed by atoms with Crippen molar-refractivity contribution in [1.82, 2.24) is 24.5 Å². The van der Waals surface area contributed by atoms with Crippen LogP contribution in [-0.2, 0) is 13.0 Å². The van der Waals surface area contributed by atoms with Crippen molar-refractivity contribution in [2.24, 2.45) is 0 Å². The molecule has 0 radical (unpaired) electrons. The predicted molar refractivity (Wildman–Crippen MR) is 99.5 cm³/mol. The maximum atomic E-state index is 13.2. The molecule has 9 heteroatoms. The molecule has 4 rings (SSSR count). The van der Waals surface area contributed by atoms with Gasteiger partial charge in [-0.2, -0.15) is 5.10 Å². The van der Waals surface area contributed by atoms with Crippen LogP contribution in [0.5, 0.6) is 0 Å². The molecule has 0 bridgehead atoms. The van der Waals surface area contributed by atoms with E-state index in [1.54, 1.807) is 6.07 Å². The van der Waals surface area contributed by atoms with Gasteiger partial charge in [-0.25, -0.2) is 8.78 Å². The van der Waals surface area contributed by atoms with Crippen molar-refractivity contribution in [3.63, 3.8) is 0 Å². The molecule has 0 aliphatic heterocycles. The Morgan fingerprint density at radius 1 is 1.25 bits per heavy atom. The van der Waals surface area contributed by atoms with Gasteiger partial charge in [0.05, 0.1) is 0 Å². The normalized spacial score (nSPS) is 18.8. The van der Waals surface area contributed by atoms with Crippen LogP contribution in [-0.4, -0.2) is 35.6 Å². The quantitative estimate of drug-likeness (QED) is 0.617. The topological polar surface area (TPSA) is 80.8 Å². The van der Waals surface area contributed by atoms with Gasteiger partial charge >= 0.3 is 0 Å². The van der Waals surface area contributed by atoms with Crippen LogP contribution < -0.4 is 5.32 Å². The summed E-state index contributed by atoms with van der Waals surface area (Å²) in [5.41, 5.74) is 1.15. The Labute approximate surface area is 161 Å². The smallest absolute Gasteiger partial charge is 0.272 e. The van der Waals surface area contributed by atoms with Crippen molar-refractivity contribution < 1.29 is 13.9 Å². The van der Waals surface area contributed by atoms with E-state index in [4.69, 9.17) is 0 Å². The molecule has 3 aromatic rings. The van der Waals surface area contributed by atoms with E-state index in [0.717, 1.165) is 12.0 Å². The number of benzene rings is 1. The minimum absolute atomic E-state index is 0.186. The molecule has 0 spiro atoms. The summed E-state index contributed by atoms with van der Waals surface area (Å²) >= 11 is 0. The summed E-state index contributed by atoms with van der Waals surface area (Å²) in [7, 11) is 0. The van der Waals surface area contributed by atoms with E-state index in [9.17, 15) is 13.9 Å². The maximum absolute atomic E-state index is 13.2. The van der Waals surface area contributed by atoms with E-state index in [1.165, 1.54) is 10.9 Å². The number of aliphatic hydroxyl groups excluding tert-OH is 1. The van der Waals surface area contributed by atoms with Gasteiger partial charge in [-0.15, -0.1) is 10.2 Å². The van der Waals surface area contributed by atoms with Crippen LogP contribution >= 0.6 is 0 Å². The van der Waals surface area contributed by atoms with Crippen molar-refractivity contribution >= 4 is 11.8 Å². The molecular weight excluding hydrogens is 366 g/mol. The number of halogens is 2. The van der Waals surface area contributed by atoms with Crippen LogP contribution in [0.3, 0.4) is 0 Å². The molecular formula is C19H22F2N6O. The molecule has 2 aromatic heterocycles. The molecule has 0 saturated heterocycles. The molecule has 2 heterocycles. The summed E-state index contributed by atoms with van der Waals surface area (Å²) in [4.78, 5) is 0. The summed E-state index contributed by atoms with van der Waals surface area (Å²) < 4.78 is 29.6. The van der Waals surface area contributed by atoms with Gasteiger partial charge in [0, 0.05) is 25.2 Å². The first-order valence-corrected chi connectivity index (χ1v) is 9.33. The molecule has 1 aliphatic rings. The maximum Gasteiger partial charge on any atom is 0.272 e. The van der Waals surface area contributed by atoms with Gasteiger partial charge in [0.25, 0.3) is 5.92 Å². The highest BCUT2D eigenvalue weighted by Gasteiger charge is 2.59. The van der Waals surface area contributed by atoms with Crippen molar-refractivity contribution in [3.8, 4) is 0 Å². The van der Waals surface area contributed by atoms with Crippen molar-refractivity contribution in [1.29, 1.82) is 0 Å². The number of aliphatic hydroxyl groups is 1. The van der Waals surface area contributed by atoms with Crippen LogP contribution in [0.1, 0.15) is 43.3 Å². The number of aryl methyl sites for hydroxylation is 1. The fourth-order valence-electron chi connectivity index (χ4n) is 3.12. The Morgan fingerprint density at radius 3 is 2.68 bits per heavy atom. The van der Waals surface area contributed by atoms with Gasteiger partial charge < -0.3 is 10.4 Å². The number of nitrogens with one attached hydrogen (secondary N) is 1. The van der Waals surface area contributed by atoms with Crippen LogP contribution in [0, 0.1) is 0 Å². The molecule has 1 unspecified atom stereocenters. The molecule has 1 fully saturated rings. The lowest BCUT2D eigenvalue weighted by Crippen LogP contribution is -2.13. The number of hydrogen-bond acceptors (Lipinski definition) is 5. The van der Waals surface area contributed by atoms with Crippen molar-refractivity contribution in [3.05, 3.63) is 54.0 Å². The number of anilines is 2. The van der Waals surface area contributed by atoms with Gasteiger partial charge in [0.1, 0.15) is 12.1 Å². The SMILES string of the molecule is CC[C@H](O)c1nnc(Nc2ccn(C3CC3(F)F)n2)n1CCc1ccccc1. The van der Waals surface area contributed by atoms with E-state index in [-0.39, 0.29) is 6.42 Å². The molecule has 2 N–H and O–H groups in total. The Hall–Kier alpha value is -2.81. The predicted octanol–water partition coefficient (Wildman–Crippen LogP) is 3.48. The van der Waals surface area contributed by atoms with Crippen molar-refractivity contribution in [2.75, 3.05) is 5.32 Å². The number of hydrogen-bond donors (Lipinski definition) is 2. The molecule has 28 heavy (non-hydrogen) atoms. The second-order valence-electron chi connectivity index (χ2n) is 6.98. The lowest BCUT2D eigenvalue weighted by Gasteiger charge is -2.13. The highest BCUT2D eigenvalue weighted by molar-refractivity contribution is 5.47. The second kappa shape index (κ2) is 7.31. The van der Waals surface area contributed by atoms with Gasteiger partial charge in [-0.1, -0.05) is 37.3 Å². The minimum Gasteiger partial charge on any atom is -0.385 e. The molecule has 148 valence electrons. The highest BCUT2D eigenvalue weighted by Crippen LogP contribution is 2.52. The van der Waals surface area contributed by atoms with Crippen LogP contribution in [0.25, 0.3) is 0 Å². The lowest BCUT2D eigenvalue weighted by molar-refractivity contribution is 0.0984. The third-order valence-corrected chi connectivity index (χ3v) is 4.89. The summed E-state index contributed by atoms with van der Waals surface area (Å²) in [5.74, 6) is -1.38. The van der Waals surface area contributed by atoms with Gasteiger partial charge in [-0.05, 0) is 18.4 Å². The first-order valence-electron chi connectivity index (χ1n) is 9.33. The summed E-state index contributed by atoms with van der Waals surface area (Å²) in [5, 5.41) is 25.7. The lowest BCUT2D eigenvalue weighted by atomic mass is 10.1. The third kappa shape index (κ3) is 3.75. The minimum atomic E-state index is -2.68. The fraction of sp³-hybridized carbons (Fsp3) is 0.421. The van der Waals surface area contributed by atoms with E-state index < -0.39 is 18.1 Å². The Morgan fingerprint density at radius 2 is 2.00 bits per heavy atom. The monoisotopic (exact) mass is 388 g/mol. The van der Waals surface area contributed by atoms with E-state index in [0.29, 0.717) is 30.6 Å². The summed E-state index contributed by atoms with van der Waals surface area (Å²) in [6.45, 7) is 2.43. The zero-order chi connectivity index (χ0) is 19.7. The average Bonchev–Trinajstić information content (AvgIpc) is 3.05. The number of rotatable bonds is 8. The first kappa shape index (κ1) is 18.5. The number of nitrogens with zero attached hydrogens (tertiary/aromatic N) is 5. The molecule has 1 saturated carbocycles. The van der Waals surface area contributed by atoms with Crippen LogP contribution in [0.15, 0.2) is 42.6 Å². The second-order valence-corrected chi connectivity index (χ2v) is 6.98. The van der Waals surface area contributed by atoms with E-state index >= 15 is 0 Å². The third-order valence-electron chi connectivity index (χ3n) is 4.89. The van der Waals surface area contributed by atoms with Gasteiger partial charge in [0.15, 0.2) is 11.6 Å². The Bertz CT molecular complexity index is 939. The zero-order valence-electron chi connectivity index (χ0n) is 15.5. The molecule has 1 aromatic carbocycles.